The summed E-state index contributed by atoms with van der Waals surface area (Å²) in [6.45, 7) is 12.5. The smallest absolute Gasteiger partial charge is 0.410 e. The second-order valence-corrected chi connectivity index (χ2v) is 12.8. The third kappa shape index (κ3) is 7.18. The summed E-state index contributed by atoms with van der Waals surface area (Å²) in [7, 11) is 0. The molecule has 1 aliphatic rings. The molecule has 0 radical (unpaired) electrons. The van der Waals surface area contributed by atoms with Gasteiger partial charge in [-0.05, 0) is 35.1 Å². The Hall–Kier alpha value is -4.69. The molecule has 0 N–H and O–H groups in total. The van der Waals surface area contributed by atoms with Crippen LogP contribution in [0.5, 0.6) is 0 Å². The zero-order chi connectivity index (χ0) is 31.4. The van der Waals surface area contributed by atoms with Crippen molar-refractivity contribution in [3.8, 4) is 22.4 Å². The fraction of sp³-hybridized carbons (Fsp3) is 0.324. The Kier molecular flexibility index (Phi) is 8.85. The average Bonchev–Trinajstić information content (AvgIpc) is 3.39. The van der Waals surface area contributed by atoms with Gasteiger partial charge in [-0.2, -0.15) is 9.61 Å². The molecule has 0 saturated carbocycles. The quantitative estimate of drug-likeness (QED) is 0.184. The lowest BCUT2D eigenvalue weighted by Crippen LogP contribution is -2.49. The highest BCUT2D eigenvalue weighted by atomic mass is 16.6. The molecule has 1 amide bonds. The number of nitrogens with zero attached hydrogens (tertiary/aromatic N) is 5. The molecule has 0 atom stereocenters. The summed E-state index contributed by atoms with van der Waals surface area (Å²) in [5.41, 5.74) is 7.91. The molecule has 0 aliphatic carbocycles. The highest BCUT2D eigenvalue weighted by Crippen LogP contribution is 2.33. The van der Waals surface area contributed by atoms with Gasteiger partial charge in [0.05, 0.1) is 24.6 Å². The predicted octanol–water partition coefficient (Wildman–Crippen LogP) is 7.39. The molecular formula is C37H41N5O3. The number of benzene rings is 3. The number of aryl methyl sites for hydroxylation is 1. The van der Waals surface area contributed by atoms with Crippen LogP contribution in [-0.2, 0) is 22.7 Å². The summed E-state index contributed by atoms with van der Waals surface area (Å²) >= 11 is 0. The molecule has 0 unspecified atom stereocenters. The summed E-state index contributed by atoms with van der Waals surface area (Å²) in [4.78, 5) is 22.2. The molecule has 2 aromatic heterocycles. The highest BCUT2D eigenvalue weighted by Gasteiger charge is 2.26. The Balaban J connectivity index is 1.29. The lowest BCUT2D eigenvalue weighted by Gasteiger charge is -2.35. The van der Waals surface area contributed by atoms with Crippen LogP contribution < -0.4 is 4.90 Å². The second-order valence-electron chi connectivity index (χ2n) is 12.8. The van der Waals surface area contributed by atoms with Crippen LogP contribution in [0.1, 0.15) is 37.6 Å². The monoisotopic (exact) mass is 603 g/mol. The zero-order valence-electron chi connectivity index (χ0n) is 26.6. The highest BCUT2D eigenvalue weighted by molar-refractivity contribution is 5.83. The molecule has 232 valence electrons. The lowest BCUT2D eigenvalue weighted by atomic mass is 9.99. The van der Waals surface area contributed by atoms with Gasteiger partial charge in [0.25, 0.3) is 0 Å². The summed E-state index contributed by atoms with van der Waals surface area (Å²) in [6.07, 6.45) is -0.286. The SMILES string of the molecule is Cc1nn2c(N3CCN(C(=O)OCc4ccccc4)CC3)cc(-c3cccc(COCC(C)(C)C)c3)nc2c1-c1ccccc1. The first kappa shape index (κ1) is 30.3. The van der Waals surface area contributed by atoms with E-state index < -0.39 is 0 Å². The van der Waals surface area contributed by atoms with Gasteiger partial charge in [-0.25, -0.2) is 9.78 Å². The number of carbonyl (C=O) groups is 1. The van der Waals surface area contributed by atoms with Crippen LogP contribution in [0, 0.1) is 12.3 Å². The molecule has 1 fully saturated rings. The van der Waals surface area contributed by atoms with Crippen LogP contribution >= 0.6 is 0 Å². The maximum absolute atomic E-state index is 12.9. The van der Waals surface area contributed by atoms with E-state index in [0.29, 0.717) is 39.4 Å². The van der Waals surface area contributed by atoms with Crippen molar-refractivity contribution in [2.45, 2.75) is 40.9 Å². The maximum Gasteiger partial charge on any atom is 0.410 e. The number of fused-ring (bicyclic) bond motifs is 1. The van der Waals surface area contributed by atoms with Crippen molar-refractivity contribution in [1.29, 1.82) is 0 Å². The topological polar surface area (TPSA) is 72.2 Å². The molecule has 0 spiro atoms. The summed E-state index contributed by atoms with van der Waals surface area (Å²) in [6, 6.07) is 30.6. The van der Waals surface area contributed by atoms with Crippen molar-refractivity contribution < 1.29 is 14.3 Å². The number of rotatable bonds is 8. The first-order valence-electron chi connectivity index (χ1n) is 15.6. The molecule has 1 aliphatic heterocycles. The van der Waals surface area contributed by atoms with Gasteiger partial charge in [0.2, 0.25) is 0 Å². The van der Waals surface area contributed by atoms with Crippen molar-refractivity contribution in [3.63, 3.8) is 0 Å². The van der Waals surface area contributed by atoms with Crippen molar-refractivity contribution in [2.24, 2.45) is 5.41 Å². The van der Waals surface area contributed by atoms with Gasteiger partial charge in [0.15, 0.2) is 5.65 Å². The van der Waals surface area contributed by atoms with Crippen molar-refractivity contribution in [3.05, 3.63) is 108 Å². The summed E-state index contributed by atoms with van der Waals surface area (Å²) in [5.74, 6) is 0.951. The molecule has 3 heterocycles. The Morgan fingerprint density at radius 1 is 0.800 bits per heavy atom. The number of aromatic nitrogens is 3. The van der Waals surface area contributed by atoms with Crippen molar-refractivity contribution in [2.75, 3.05) is 37.7 Å². The Morgan fingerprint density at radius 3 is 2.18 bits per heavy atom. The molecular weight excluding hydrogens is 562 g/mol. The first-order chi connectivity index (χ1) is 21.7. The van der Waals surface area contributed by atoms with E-state index in [1.165, 1.54) is 0 Å². The minimum absolute atomic E-state index is 0.107. The van der Waals surface area contributed by atoms with Gasteiger partial charge in [-0.3, -0.25) is 0 Å². The van der Waals surface area contributed by atoms with Crippen LogP contribution in [0.25, 0.3) is 28.0 Å². The fourth-order valence-corrected chi connectivity index (χ4v) is 5.65. The third-order valence-electron chi connectivity index (χ3n) is 7.90. The zero-order valence-corrected chi connectivity index (χ0v) is 26.6. The van der Waals surface area contributed by atoms with Gasteiger partial charge in [0.1, 0.15) is 12.4 Å². The Bertz CT molecular complexity index is 1750. The standard InChI is InChI=1S/C37H41N5O3/c1-27-34(30-15-9-6-10-16-30)35-38-32(31-17-11-14-29(22-31)24-44-26-37(2,3)4)23-33(42(35)39-27)40-18-20-41(21-19-40)36(43)45-25-28-12-7-5-8-13-28/h5-17,22-23H,18-21,24-26H2,1-4H3. The number of carbonyl (C=O) groups excluding carboxylic acids is 1. The Labute approximate surface area is 265 Å². The van der Waals surface area contributed by atoms with Gasteiger partial charge in [0, 0.05) is 43.4 Å². The molecule has 8 nitrogen and oxygen atoms in total. The van der Waals surface area contributed by atoms with Gasteiger partial charge in [-0.1, -0.05) is 99.6 Å². The minimum atomic E-state index is -0.286. The number of hydrogen-bond donors (Lipinski definition) is 0. The third-order valence-corrected chi connectivity index (χ3v) is 7.90. The van der Waals surface area contributed by atoms with Crippen LogP contribution in [0.4, 0.5) is 10.6 Å². The molecule has 3 aromatic carbocycles. The number of hydrogen-bond acceptors (Lipinski definition) is 6. The van der Waals surface area contributed by atoms with Crippen LogP contribution in [-0.4, -0.2) is 58.4 Å². The van der Waals surface area contributed by atoms with E-state index in [4.69, 9.17) is 19.6 Å². The number of amides is 1. The number of anilines is 1. The minimum Gasteiger partial charge on any atom is -0.445 e. The normalized spacial score (nSPS) is 13.8. The summed E-state index contributed by atoms with van der Waals surface area (Å²) < 4.78 is 13.6. The van der Waals surface area contributed by atoms with Crippen molar-refractivity contribution >= 4 is 17.6 Å². The molecule has 8 heteroatoms. The van der Waals surface area contributed by atoms with E-state index in [-0.39, 0.29) is 18.1 Å². The van der Waals surface area contributed by atoms with E-state index >= 15 is 0 Å². The lowest BCUT2D eigenvalue weighted by molar-refractivity contribution is 0.0599. The number of piperazine rings is 1. The molecule has 0 bridgehead atoms. The second kappa shape index (κ2) is 13.1. The van der Waals surface area contributed by atoms with Gasteiger partial charge in [-0.15, -0.1) is 0 Å². The molecule has 1 saturated heterocycles. The van der Waals surface area contributed by atoms with Gasteiger partial charge < -0.3 is 19.3 Å². The largest absolute Gasteiger partial charge is 0.445 e. The molecule has 45 heavy (non-hydrogen) atoms. The maximum atomic E-state index is 12.9. The summed E-state index contributed by atoms with van der Waals surface area (Å²) in [5, 5.41) is 4.98. The fourth-order valence-electron chi connectivity index (χ4n) is 5.65. The van der Waals surface area contributed by atoms with Crippen molar-refractivity contribution in [1.82, 2.24) is 19.5 Å². The van der Waals surface area contributed by atoms with Crippen LogP contribution in [0.3, 0.4) is 0 Å². The number of ether oxygens (including phenoxy) is 2. The predicted molar refractivity (Wildman–Crippen MR) is 178 cm³/mol. The molecule has 5 aromatic rings. The van der Waals surface area contributed by atoms with E-state index in [2.05, 4.69) is 68.1 Å². The van der Waals surface area contributed by atoms with E-state index in [9.17, 15) is 4.79 Å². The van der Waals surface area contributed by atoms with E-state index in [0.717, 1.165) is 50.7 Å². The van der Waals surface area contributed by atoms with Gasteiger partial charge >= 0.3 is 6.09 Å². The van der Waals surface area contributed by atoms with E-state index in [1.807, 2.05) is 60.0 Å². The first-order valence-corrected chi connectivity index (χ1v) is 15.6. The Morgan fingerprint density at radius 2 is 1.47 bits per heavy atom. The van der Waals surface area contributed by atoms with E-state index in [1.54, 1.807) is 4.90 Å². The van der Waals surface area contributed by atoms with Crippen LogP contribution in [0.2, 0.25) is 0 Å². The average molecular weight is 604 g/mol. The van der Waals surface area contributed by atoms with Crippen LogP contribution in [0.15, 0.2) is 91.0 Å². The molecule has 6 rings (SSSR count).